The SMILES string of the molecule is CC(C)(C)OC(=O)NCC1OB2OCCOc3ccc(Br)c1c32. The van der Waals surface area contributed by atoms with Crippen molar-refractivity contribution in [3.05, 3.63) is 22.2 Å². The van der Waals surface area contributed by atoms with Crippen LogP contribution in [-0.2, 0) is 14.0 Å². The first-order valence-corrected chi connectivity index (χ1v) is 8.33. The molecular weight excluding hydrogens is 365 g/mol. The number of hydrogen-bond acceptors (Lipinski definition) is 5. The molecule has 2 aliphatic rings. The van der Waals surface area contributed by atoms with Gasteiger partial charge in [-0.15, -0.1) is 0 Å². The molecule has 1 amide bonds. The third kappa shape index (κ3) is 3.64. The summed E-state index contributed by atoms with van der Waals surface area (Å²) in [7, 11) is -0.467. The molecule has 0 aliphatic carbocycles. The van der Waals surface area contributed by atoms with Crippen molar-refractivity contribution in [3.8, 4) is 5.75 Å². The largest absolute Gasteiger partial charge is 0.498 e. The predicted octanol–water partition coefficient (Wildman–Crippen LogP) is 2.15. The van der Waals surface area contributed by atoms with Gasteiger partial charge in [-0.3, -0.25) is 0 Å². The summed E-state index contributed by atoms with van der Waals surface area (Å²) in [6, 6.07) is 3.82. The normalized spacial score (nSPS) is 19.7. The molecule has 2 heterocycles. The van der Waals surface area contributed by atoms with Gasteiger partial charge in [0.25, 0.3) is 0 Å². The van der Waals surface area contributed by atoms with Crippen molar-refractivity contribution in [2.24, 2.45) is 0 Å². The van der Waals surface area contributed by atoms with Crippen LogP contribution in [0.25, 0.3) is 0 Å². The molecule has 3 rings (SSSR count). The van der Waals surface area contributed by atoms with Crippen LogP contribution < -0.4 is 15.5 Å². The van der Waals surface area contributed by atoms with Crippen molar-refractivity contribution < 1.29 is 23.6 Å². The summed E-state index contributed by atoms with van der Waals surface area (Å²) in [6.45, 7) is 6.72. The van der Waals surface area contributed by atoms with Crippen molar-refractivity contribution in [2.75, 3.05) is 19.8 Å². The van der Waals surface area contributed by atoms with E-state index in [1.807, 2.05) is 32.9 Å². The Kier molecular flexibility index (Phi) is 4.57. The average Bonchev–Trinajstić information content (AvgIpc) is 2.69. The van der Waals surface area contributed by atoms with Crippen LogP contribution in [0.4, 0.5) is 4.79 Å². The molecular formula is C15H19BBrNO5. The Hall–Kier alpha value is -1.25. The molecule has 1 atom stereocenters. The van der Waals surface area contributed by atoms with E-state index >= 15 is 0 Å². The van der Waals surface area contributed by atoms with Crippen LogP contribution >= 0.6 is 15.9 Å². The van der Waals surface area contributed by atoms with Gasteiger partial charge in [-0.25, -0.2) is 4.79 Å². The minimum atomic E-state index is -0.535. The van der Waals surface area contributed by atoms with E-state index in [1.165, 1.54) is 0 Å². The zero-order valence-electron chi connectivity index (χ0n) is 13.3. The van der Waals surface area contributed by atoms with E-state index in [0.29, 0.717) is 19.8 Å². The van der Waals surface area contributed by atoms with Crippen LogP contribution in [0.3, 0.4) is 0 Å². The summed E-state index contributed by atoms with van der Waals surface area (Å²) in [5, 5.41) is 2.75. The van der Waals surface area contributed by atoms with Crippen LogP contribution in [0.1, 0.15) is 32.4 Å². The maximum atomic E-state index is 11.8. The lowest BCUT2D eigenvalue weighted by Gasteiger charge is -2.21. The standard InChI is InChI=1S/C15H19BBrNO5/c1-15(2,3)22-14(19)18-8-11-12-9(17)4-5-10-13(12)16(23-11)21-7-6-20-10/h4-5,11H,6-8H2,1-3H3,(H,18,19). The van der Waals surface area contributed by atoms with E-state index in [2.05, 4.69) is 21.2 Å². The van der Waals surface area contributed by atoms with Gasteiger partial charge in [0.2, 0.25) is 0 Å². The summed E-state index contributed by atoms with van der Waals surface area (Å²) in [5.74, 6) is 0.769. The maximum absolute atomic E-state index is 11.8. The van der Waals surface area contributed by atoms with Gasteiger partial charge < -0.3 is 24.1 Å². The van der Waals surface area contributed by atoms with Crippen LogP contribution in [-0.4, -0.2) is 38.6 Å². The predicted molar refractivity (Wildman–Crippen MR) is 89.0 cm³/mol. The van der Waals surface area contributed by atoms with E-state index < -0.39 is 18.8 Å². The highest BCUT2D eigenvalue weighted by molar-refractivity contribution is 9.10. The Morgan fingerprint density at radius 2 is 2.22 bits per heavy atom. The number of carbonyl (C=O) groups excluding carboxylic acids is 1. The van der Waals surface area contributed by atoms with Gasteiger partial charge in [-0.1, -0.05) is 15.9 Å². The molecule has 0 fully saturated rings. The third-order valence-corrected chi connectivity index (χ3v) is 4.17. The molecule has 0 saturated carbocycles. The van der Waals surface area contributed by atoms with Gasteiger partial charge in [0.05, 0.1) is 12.7 Å². The van der Waals surface area contributed by atoms with Crippen molar-refractivity contribution >= 4 is 34.6 Å². The monoisotopic (exact) mass is 383 g/mol. The zero-order valence-corrected chi connectivity index (χ0v) is 14.9. The van der Waals surface area contributed by atoms with Crippen LogP contribution in [0, 0.1) is 0 Å². The molecule has 0 radical (unpaired) electrons. The number of halogens is 1. The highest BCUT2D eigenvalue weighted by Gasteiger charge is 2.43. The lowest BCUT2D eigenvalue weighted by atomic mass is 9.78. The van der Waals surface area contributed by atoms with Crippen molar-refractivity contribution in [1.29, 1.82) is 0 Å². The average molecular weight is 384 g/mol. The lowest BCUT2D eigenvalue weighted by Crippen LogP contribution is -2.35. The molecule has 0 saturated heterocycles. The number of rotatable bonds is 2. The topological polar surface area (TPSA) is 66.0 Å². The molecule has 1 N–H and O–H groups in total. The van der Waals surface area contributed by atoms with Gasteiger partial charge in [0.15, 0.2) is 0 Å². The maximum Gasteiger partial charge on any atom is 0.498 e. The van der Waals surface area contributed by atoms with Gasteiger partial charge in [0.1, 0.15) is 18.0 Å². The quantitative estimate of drug-likeness (QED) is 0.792. The highest BCUT2D eigenvalue weighted by Crippen LogP contribution is 2.35. The second-order valence-electron chi connectivity index (χ2n) is 6.43. The first-order chi connectivity index (χ1) is 10.8. The van der Waals surface area contributed by atoms with E-state index in [-0.39, 0.29) is 6.10 Å². The number of benzene rings is 1. The second-order valence-corrected chi connectivity index (χ2v) is 7.29. The molecule has 8 heteroatoms. The summed E-state index contributed by atoms with van der Waals surface area (Å²) in [4.78, 5) is 11.8. The number of carbonyl (C=O) groups is 1. The molecule has 0 bridgehead atoms. The number of alkyl carbamates (subject to hydrolysis) is 1. The smallest absolute Gasteiger partial charge is 0.492 e. The molecule has 2 aliphatic heterocycles. The molecule has 6 nitrogen and oxygen atoms in total. The second kappa shape index (κ2) is 6.34. The van der Waals surface area contributed by atoms with Gasteiger partial charge in [0, 0.05) is 16.5 Å². The van der Waals surface area contributed by atoms with E-state index in [0.717, 1.165) is 21.2 Å². The Morgan fingerprint density at radius 1 is 1.43 bits per heavy atom. The number of amides is 1. The van der Waals surface area contributed by atoms with Crippen LogP contribution in [0.15, 0.2) is 16.6 Å². The van der Waals surface area contributed by atoms with Crippen LogP contribution in [0.5, 0.6) is 5.75 Å². The molecule has 1 aromatic carbocycles. The third-order valence-electron chi connectivity index (χ3n) is 3.48. The van der Waals surface area contributed by atoms with Gasteiger partial charge >= 0.3 is 13.2 Å². The van der Waals surface area contributed by atoms with Crippen molar-refractivity contribution in [2.45, 2.75) is 32.5 Å². The minimum Gasteiger partial charge on any atom is -0.492 e. The summed E-state index contributed by atoms with van der Waals surface area (Å²) in [5.41, 5.74) is 1.31. The molecule has 0 aromatic heterocycles. The van der Waals surface area contributed by atoms with Gasteiger partial charge in [-0.05, 0) is 38.5 Å². The zero-order chi connectivity index (χ0) is 16.6. The molecule has 124 valence electrons. The first-order valence-electron chi connectivity index (χ1n) is 7.54. The molecule has 1 aromatic rings. The van der Waals surface area contributed by atoms with Crippen molar-refractivity contribution in [1.82, 2.24) is 5.32 Å². The molecule has 23 heavy (non-hydrogen) atoms. The van der Waals surface area contributed by atoms with E-state index in [1.54, 1.807) is 0 Å². The summed E-state index contributed by atoms with van der Waals surface area (Å²) in [6.07, 6.45) is -0.791. The molecule has 1 unspecified atom stereocenters. The minimum absolute atomic E-state index is 0.295. The fourth-order valence-electron chi connectivity index (χ4n) is 2.64. The van der Waals surface area contributed by atoms with Crippen LogP contribution in [0.2, 0.25) is 0 Å². The van der Waals surface area contributed by atoms with E-state index in [9.17, 15) is 4.79 Å². The Balaban J connectivity index is 1.76. The number of ether oxygens (including phenoxy) is 2. The summed E-state index contributed by atoms with van der Waals surface area (Å²) < 4.78 is 23.5. The Labute approximate surface area is 144 Å². The number of nitrogens with one attached hydrogen (secondary N) is 1. The van der Waals surface area contributed by atoms with Crippen molar-refractivity contribution in [3.63, 3.8) is 0 Å². The Morgan fingerprint density at radius 3 is 2.96 bits per heavy atom. The molecule has 0 spiro atoms. The Bertz CT molecular complexity index is 619. The number of hydrogen-bond donors (Lipinski definition) is 1. The first kappa shape index (κ1) is 16.6. The highest BCUT2D eigenvalue weighted by atomic mass is 79.9. The fraction of sp³-hybridized carbons (Fsp3) is 0.533. The lowest BCUT2D eigenvalue weighted by molar-refractivity contribution is 0.0494. The fourth-order valence-corrected chi connectivity index (χ4v) is 3.24. The summed E-state index contributed by atoms with van der Waals surface area (Å²) >= 11 is 3.55. The van der Waals surface area contributed by atoms with E-state index in [4.69, 9.17) is 18.8 Å². The van der Waals surface area contributed by atoms with Gasteiger partial charge in [-0.2, -0.15) is 0 Å².